The first-order valence-electron chi connectivity index (χ1n) is 3.59. The van der Waals surface area contributed by atoms with Crippen LogP contribution in [0.2, 0.25) is 0 Å². The van der Waals surface area contributed by atoms with E-state index in [0.29, 0.717) is 6.01 Å². The molecule has 0 N–H and O–H groups in total. The van der Waals surface area contributed by atoms with Crippen LogP contribution in [0.25, 0.3) is 0 Å². The highest BCUT2D eigenvalue weighted by Crippen LogP contribution is 2.43. The zero-order valence-corrected chi connectivity index (χ0v) is 8.68. The smallest absolute Gasteiger partial charge is 0.317 e. The van der Waals surface area contributed by atoms with Crippen LogP contribution in [0.15, 0.2) is 17.3 Å². The number of aromatic nitrogens is 2. The Hall–Kier alpha value is -0.770. The van der Waals surface area contributed by atoms with Gasteiger partial charge in [0.25, 0.3) is 0 Å². The van der Waals surface area contributed by atoms with Crippen LogP contribution >= 0.6 is 10.0 Å². The zero-order valence-electron chi connectivity index (χ0n) is 7.87. The van der Waals surface area contributed by atoms with Gasteiger partial charge in [-0.2, -0.15) is 4.98 Å². The van der Waals surface area contributed by atoms with Gasteiger partial charge in [-0.25, -0.2) is 15.0 Å². The predicted octanol–water partition coefficient (Wildman–Crippen LogP) is 1.54. The fraction of sp³-hybridized carbons (Fsp3) is 0.500. The van der Waals surface area contributed by atoms with Crippen LogP contribution in [0.5, 0.6) is 6.01 Å². The number of ether oxygens (including phenoxy) is 1. The van der Waals surface area contributed by atoms with Crippen molar-refractivity contribution in [2.45, 2.75) is 5.03 Å². The Bertz CT molecular complexity index is 270. The van der Waals surface area contributed by atoms with Gasteiger partial charge in [-0.15, -0.1) is 0 Å². The molecule has 0 aliphatic heterocycles. The molecule has 0 unspecified atom stereocenters. The van der Waals surface area contributed by atoms with Crippen molar-refractivity contribution in [2.75, 3.05) is 25.9 Å². The molecule has 0 bridgehead atoms. The molecule has 68 valence electrons. The van der Waals surface area contributed by atoms with Gasteiger partial charge in [0, 0.05) is 6.20 Å². The van der Waals surface area contributed by atoms with Gasteiger partial charge in [0.15, 0.2) is 0 Å². The molecule has 1 aromatic rings. The Kier molecular flexibility index (Phi) is 2.57. The zero-order chi connectivity index (χ0) is 9.19. The molecule has 0 amide bonds. The normalized spacial score (nSPS) is 12.7. The van der Waals surface area contributed by atoms with Crippen molar-refractivity contribution in [3.63, 3.8) is 0 Å². The van der Waals surface area contributed by atoms with Crippen molar-refractivity contribution in [1.82, 2.24) is 9.97 Å². The Morgan fingerprint density at radius 2 is 2.00 bits per heavy atom. The first-order valence-corrected chi connectivity index (χ1v) is 6.45. The van der Waals surface area contributed by atoms with E-state index in [4.69, 9.17) is 4.74 Å². The molecule has 0 aliphatic rings. The van der Waals surface area contributed by atoms with Gasteiger partial charge in [-0.1, -0.05) is 0 Å². The topological polar surface area (TPSA) is 35.0 Å². The van der Waals surface area contributed by atoms with Crippen LogP contribution < -0.4 is 4.74 Å². The highest BCUT2D eigenvalue weighted by molar-refractivity contribution is 8.32. The van der Waals surface area contributed by atoms with E-state index in [1.54, 1.807) is 13.3 Å². The molecule has 3 nitrogen and oxygen atoms in total. The van der Waals surface area contributed by atoms with E-state index in [2.05, 4.69) is 28.7 Å². The third kappa shape index (κ3) is 2.11. The summed E-state index contributed by atoms with van der Waals surface area (Å²) < 4.78 is 4.94. The lowest BCUT2D eigenvalue weighted by atomic mass is 10.7. The highest BCUT2D eigenvalue weighted by atomic mass is 32.3. The van der Waals surface area contributed by atoms with E-state index < -0.39 is 10.0 Å². The first-order chi connectivity index (χ1) is 5.54. The minimum Gasteiger partial charge on any atom is -0.467 e. The highest BCUT2D eigenvalue weighted by Gasteiger charge is 2.10. The van der Waals surface area contributed by atoms with Gasteiger partial charge in [0.1, 0.15) is 0 Å². The van der Waals surface area contributed by atoms with Gasteiger partial charge in [-0.3, -0.25) is 0 Å². The van der Waals surface area contributed by atoms with Crippen LogP contribution in [0.3, 0.4) is 0 Å². The summed E-state index contributed by atoms with van der Waals surface area (Å²) >= 11 is 0. The largest absolute Gasteiger partial charge is 0.467 e. The predicted molar refractivity (Wildman–Crippen MR) is 52.2 cm³/mol. The minimum absolute atomic E-state index is 0.454. The Morgan fingerprint density at radius 3 is 2.50 bits per heavy atom. The molecule has 0 saturated carbocycles. The number of rotatable bonds is 2. The SMILES string of the molecule is COc1nccc(S(C)(C)C)n1. The molecular weight excluding hydrogens is 172 g/mol. The molecule has 4 heteroatoms. The van der Waals surface area contributed by atoms with Crippen molar-refractivity contribution in [2.24, 2.45) is 0 Å². The first kappa shape index (κ1) is 9.32. The number of hydrogen-bond acceptors (Lipinski definition) is 3. The maximum absolute atomic E-state index is 4.94. The molecule has 0 saturated heterocycles. The lowest BCUT2D eigenvalue weighted by Crippen LogP contribution is -1.99. The fourth-order valence-electron chi connectivity index (χ4n) is 0.765. The average Bonchev–Trinajstić information content (AvgIpc) is 2.03. The molecule has 1 rings (SSSR count). The van der Waals surface area contributed by atoms with E-state index in [1.807, 2.05) is 6.07 Å². The Balaban J connectivity index is 3.02. The van der Waals surface area contributed by atoms with Crippen molar-refractivity contribution in [1.29, 1.82) is 0 Å². The number of hydrogen-bond donors (Lipinski definition) is 0. The van der Waals surface area contributed by atoms with Crippen molar-refractivity contribution >= 4 is 10.0 Å². The van der Waals surface area contributed by atoms with Crippen LogP contribution in [0.4, 0.5) is 0 Å². The summed E-state index contributed by atoms with van der Waals surface area (Å²) in [6.45, 7) is 0. The number of methoxy groups -OCH3 is 1. The molecule has 0 fully saturated rings. The minimum atomic E-state index is -0.767. The second-order valence-electron chi connectivity index (χ2n) is 3.22. The quantitative estimate of drug-likeness (QED) is 0.657. The lowest BCUT2D eigenvalue weighted by Gasteiger charge is -2.23. The van der Waals surface area contributed by atoms with Gasteiger partial charge in [0.2, 0.25) is 0 Å². The van der Waals surface area contributed by atoms with Gasteiger partial charge < -0.3 is 4.74 Å². The van der Waals surface area contributed by atoms with Gasteiger partial charge in [-0.05, 0) is 24.8 Å². The summed E-state index contributed by atoms with van der Waals surface area (Å²) in [5.74, 6) is 0. The molecule has 1 heterocycles. The van der Waals surface area contributed by atoms with Crippen molar-refractivity contribution < 1.29 is 4.74 Å². The summed E-state index contributed by atoms with van der Waals surface area (Å²) in [7, 11) is 0.814. The van der Waals surface area contributed by atoms with E-state index in [-0.39, 0.29) is 0 Å². The fourth-order valence-corrected chi connectivity index (χ4v) is 1.59. The van der Waals surface area contributed by atoms with E-state index >= 15 is 0 Å². The summed E-state index contributed by atoms with van der Waals surface area (Å²) in [5.41, 5.74) is 0. The third-order valence-corrected chi connectivity index (χ3v) is 2.90. The van der Waals surface area contributed by atoms with Crippen molar-refractivity contribution in [3.8, 4) is 6.01 Å². The summed E-state index contributed by atoms with van der Waals surface area (Å²) in [5, 5.41) is 1.08. The van der Waals surface area contributed by atoms with Gasteiger partial charge >= 0.3 is 6.01 Å². The van der Waals surface area contributed by atoms with Crippen LogP contribution in [-0.2, 0) is 0 Å². The lowest BCUT2D eigenvalue weighted by molar-refractivity contribution is 0.376. The van der Waals surface area contributed by atoms with Crippen molar-refractivity contribution in [3.05, 3.63) is 12.3 Å². The molecule has 0 radical (unpaired) electrons. The average molecular weight is 186 g/mol. The Labute approximate surface area is 74.5 Å². The maximum Gasteiger partial charge on any atom is 0.317 e. The molecule has 0 atom stereocenters. The molecular formula is C8H14N2OS. The molecule has 0 aliphatic carbocycles. The summed E-state index contributed by atoms with van der Waals surface area (Å²) in [6, 6.07) is 2.40. The van der Waals surface area contributed by atoms with E-state index in [1.165, 1.54) is 0 Å². The van der Waals surface area contributed by atoms with Crippen LogP contribution in [0, 0.1) is 0 Å². The Morgan fingerprint density at radius 1 is 1.33 bits per heavy atom. The molecule has 12 heavy (non-hydrogen) atoms. The summed E-state index contributed by atoms with van der Waals surface area (Å²) in [6.07, 6.45) is 8.30. The standard InChI is InChI=1S/C8H14N2OS/c1-11-8-9-6-5-7(10-8)12(2,3)4/h5-6H,1-4H3. The van der Waals surface area contributed by atoms with Crippen LogP contribution in [-0.4, -0.2) is 35.8 Å². The molecule has 0 aromatic carbocycles. The maximum atomic E-state index is 4.94. The molecule has 1 aromatic heterocycles. The third-order valence-electron chi connectivity index (χ3n) is 1.42. The van der Waals surface area contributed by atoms with Crippen LogP contribution in [0.1, 0.15) is 0 Å². The second kappa shape index (κ2) is 3.31. The molecule has 0 spiro atoms. The second-order valence-corrected chi connectivity index (χ2v) is 7.31. The summed E-state index contributed by atoms with van der Waals surface area (Å²) in [4.78, 5) is 8.22. The number of nitrogens with zero attached hydrogens (tertiary/aromatic N) is 2. The van der Waals surface area contributed by atoms with E-state index in [9.17, 15) is 0 Å². The monoisotopic (exact) mass is 186 g/mol. The van der Waals surface area contributed by atoms with E-state index in [0.717, 1.165) is 5.03 Å². The van der Waals surface area contributed by atoms with Gasteiger partial charge in [0.05, 0.1) is 12.1 Å².